The van der Waals surface area contributed by atoms with Crippen molar-refractivity contribution in [2.24, 2.45) is 0 Å². The number of aliphatic hydroxyl groups is 11. The van der Waals surface area contributed by atoms with E-state index in [9.17, 15) is 61.0 Å². The molecule has 0 spiro atoms. The maximum Gasteiger partial charge on any atom is 0.260 e. The first-order chi connectivity index (χ1) is 16.8. The van der Waals surface area contributed by atoms with Crippen LogP contribution in [0.15, 0.2) is 0 Å². The van der Waals surface area contributed by atoms with Crippen LogP contribution in [0.2, 0.25) is 0 Å². The van der Waals surface area contributed by atoms with Gasteiger partial charge in [0.15, 0.2) is 18.7 Å². The van der Waals surface area contributed by atoms with Crippen LogP contribution in [0.3, 0.4) is 0 Å². The molecule has 0 aliphatic carbocycles. The molecule has 12 N–H and O–H groups in total. The third kappa shape index (κ3) is 7.37. The summed E-state index contributed by atoms with van der Waals surface area (Å²) in [6, 6.07) is 0. The van der Waals surface area contributed by atoms with Gasteiger partial charge in [0.05, 0.1) is 42.7 Å². The molecule has 2 heterocycles. The molecule has 2 fully saturated rings. The van der Waals surface area contributed by atoms with Gasteiger partial charge in [0.25, 0.3) is 5.91 Å². The van der Waals surface area contributed by atoms with Gasteiger partial charge in [0, 0.05) is 0 Å². The van der Waals surface area contributed by atoms with E-state index in [1.807, 2.05) is 3.53 Å². The molecule has 1 amide bonds. The van der Waals surface area contributed by atoms with Gasteiger partial charge >= 0.3 is 0 Å². The number of nitrogens with one attached hydrogen (secondary N) is 1. The highest BCUT2D eigenvalue weighted by atomic mass is 127. The Hall–Kier alpha value is -0.400. The summed E-state index contributed by atoms with van der Waals surface area (Å²) in [5.41, 5.74) is 0. The highest BCUT2D eigenvalue weighted by molar-refractivity contribution is 14.1. The lowest BCUT2D eigenvalue weighted by atomic mass is 9.98. The Labute approximate surface area is 217 Å². The number of carbonyl (C=O) groups is 1. The van der Waals surface area contributed by atoms with Crippen molar-refractivity contribution in [1.29, 1.82) is 0 Å². The van der Waals surface area contributed by atoms with E-state index in [1.165, 1.54) is 22.9 Å². The minimum atomic E-state index is -2.11. The van der Waals surface area contributed by atoms with Crippen molar-refractivity contribution in [3.8, 4) is 0 Å². The molecule has 18 heteroatoms. The molecule has 212 valence electrons. The molecule has 0 saturated carbocycles. The molecule has 0 aromatic rings. The van der Waals surface area contributed by atoms with E-state index in [-0.39, 0.29) is 0 Å². The Bertz CT molecular complexity index is 691. The number of amides is 1. The lowest BCUT2D eigenvalue weighted by Gasteiger charge is -2.42. The van der Waals surface area contributed by atoms with Crippen LogP contribution < -0.4 is 3.53 Å². The summed E-state index contributed by atoms with van der Waals surface area (Å²) in [6.07, 6.45) is -24.7. The quantitative estimate of drug-likeness (QED) is 0.0734. The number of hydrogen-bond donors (Lipinski definition) is 12. The zero-order valence-corrected chi connectivity index (χ0v) is 20.7. The Morgan fingerprint density at radius 1 is 0.778 bits per heavy atom. The van der Waals surface area contributed by atoms with E-state index in [2.05, 4.69) is 0 Å². The lowest BCUT2D eigenvalue weighted by Crippen LogP contribution is -2.62. The smallest absolute Gasteiger partial charge is 0.260 e. The first-order valence-corrected chi connectivity index (χ1v) is 11.8. The molecule has 36 heavy (non-hydrogen) atoms. The van der Waals surface area contributed by atoms with Crippen molar-refractivity contribution in [3.05, 3.63) is 0 Å². The number of hydrogen-bond acceptors (Lipinski definition) is 16. The third-order valence-corrected chi connectivity index (χ3v) is 6.33. The number of rotatable bonds is 11. The number of halogens is 1. The zero-order chi connectivity index (χ0) is 27.3. The molecule has 17 nitrogen and oxygen atoms in total. The average molecular weight is 645 g/mol. The van der Waals surface area contributed by atoms with Crippen molar-refractivity contribution in [2.45, 2.75) is 85.8 Å². The van der Waals surface area contributed by atoms with E-state index in [0.717, 1.165) is 0 Å². The van der Waals surface area contributed by atoms with Crippen molar-refractivity contribution < 1.29 is 79.9 Å². The molecule has 0 aromatic carbocycles. The zero-order valence-electron chi connectivity index (χ0n) is 18.5. The standard InChI is InChI=1S/C18H32INO16/c19-20-16(32)13(29)10(26)7(23)4(22)2-33-17-15(31)12(28)9(25)6(36-17)3-34-18-14(30)11(27)8(24)5(1-21)35-18/h4-15,17-18,21-31H,1-3H2,(H,20,32)/t4-,5-,6-,7-,8-,9-,10+,11+,12+,13-,14-,15-,17+,18+/m1/s1. The van der Waals surface area contributed by atoms with E-state index >= 15 is 0 Å². The van der Waals surface area contributed by atoms with Crippen molar-refractivity contribution in [1.82, 2.24) is 3.53 Å². The summed E-state index contributed by atoms with van der Waals surface area (Å²) in [5, 5.41) is 109. The van der Waals surface area contributed by atoms with Crippen LogP contribution in [0.25, 0.3) is 0 Å². The van der Waals surface area contributed by atoms with Crippen molar-refractivity contribution in [3.63, 3.8) is 0 Å². The second-order valence-electron chi connectivity index (χ2n) is 8.33. The first kappa shape index (κ1) is 31.8. The Morgan fingerprint density at radius 3 is 1.81 bits per heavy atom. The topological polar surface area (TPSA) is 289 Å². The predicted molar refractivity (Wildman–Crippen MR) is 119 cm³/mol. The number of aliphatic hydroxyl groups excluding tert-OH is 11. The minimum Gasteiger partial charge on any atom is -0.394 e. The highest BCUT2D eigenvalue weighted by Gasteiger charge is 2.47. The normalized spacial score (nSPS) is 40.8. The van der Waals surface area contributed by atoms with Crippen molar-refractivity contribution in [2.75, 3.05) is 19.8 Å². The minimum absolute atomic E-state index is 0.616. The first-order valence-electron chi connectivity index (χ1n) is 10.7. The van der Waals surface area contributed by atoms with Crippen LogP contribution in [0.1, 0.15) is 0 Å². The van der Waals surface area contributed by atoms with E-state index in [4.69, 9.17) is 18.9 Å². The van der Waals surface area contributed by atoms with Crippen molar-refractivity contribution >= 4 is 28.8 Å². The Balaban J connectivity index is 1.96. The van der Waals surface area contributed by atoms with Gasteiger partial charge in [-0.1, -0.05) is 0 Å². The number of ether oxygens (including phenoxy) is 4. The molecular formula is C18H32INO16. The van der Waals surface area contributed by atoms with E-state index in [1.54, 1.807) is 0 Å². The highest BCUT2D eigenvalue weighted by Crippen LogP contribution is 2.26. The molecule has 2 aliphatic heterocycles. The van der Waals surface area contributed by atoms with Crippen LogP contribution in [-0.2, 0) is 23.7 Å². The van der Waals surface area contributed by atoms with Gasteiger partial charge in [0.2, 0.25) is 0 Å². The fourth-order valence-corrected chi connectivity index (χ4v) is 3.82. The second kappa shape index (κ2) is 14.1. The Kier molecular flexibility index (Phi) is 12.5. The fraction of sp³-hybridized carbons (Fsp3) is 0.944. The molecule has 2 saturated heterocycles. The summed E-state index contributed by atoms with van der Waals surface area (Å²) in [5.74, 6) is -1.04. The molecule has 0 aromatic heterocycles. The molecular weight excluding hydrogens is 613 g/mol. The molecule has 0 radical (unpaired) electrons. The van der Waals surface area contributed by atoms with Gasteiger partial charge in [-0.25, -0.2) is 0 Å². The van der Waals surface area contributed by atoms with Crippen LogP contribution in [0, 0.1) is 0 Å². The van der Waals surface area contributed by atoms with Gasteiger partial charge in [0.1, 0.15) is 67.1 Å². The van der Waals surface area contributed by atoms with Gasteiger partial charge in [-0.15, -0.1) is 0 Å². The van der Waals surface area contributed by atoms with Crippen LogP contribution in [0.5, 0.6) is 0 Å². The fourth-order valence-electron chi connectivity index (χ4n) is 3.50. The monoisotopic (exact) mass is 645 g/mol. The third-order valence-electron chi connectivity index (χ3n) is 5.80. The van der Waals surface area contributed by atoms with E-state index in [0.29, 0.717) is 0 Å². The Morgan fingerprint density at radius 2 is 1.28 bits per heavy atom. The van der Waals surface area contributed by atoms with Gasteiger partial charge < -0.3 is 75.1 Å². The molecule has 0 bridgehead atoms. The lowest BCUT2D eigenvalue weighted by molar-refractivity contribution is -0.333. The van der Waals surface area contributed by atoms with Gasteiger partial charge in [-0.2, -0.15) is 0 Å². The summed E-state index contributed by atoms with van der Waals surface area (Å²) in [7, 11) is 0. The van der Waals surface area contributed by atoms with Crippen LogP contribution in [0.4, 0.5) is 0 Å². The largest absolute Gasteiger partial charge is 0.394 e. The molecule has 0 unspecified atom stereocenters. The molecule has 2 aliphatic rings. The SMILES string of the molecule is O=C(NI)[C@H](O)[C@@H](O)[C@H](O)[C@H](O)CO[C@H]1O[C@H](CO[C@H]2O[C@H](CO)[C@@H](O)[C@H](O)[C@H]2O)[C@@H](O)[C@H](O)[C@H]1O. The van der Waals surface area contributed by atoms with Gasteiger partial charge in [-0.05, 0) is 0 Å². The molecule has 2 rings (SSSR count). The average Bonchev–Trinajstić information content (AvgIpc) is 2.88. The number of carbonyl (C=O) groups excluding carboxylic acids is 1. The molecule has 14 atom stereocenters. The van der Waals surface area contributed by atoms with Crippen LogP contribution in [-0.4, -0.2) is 168 Å². The second-order valence-corrected chi connectivity index (χ2v) is 8.87. The summed E-state index contributed by atoms with van der Waals surface area (Å²) >= 11 is 1.39. The summed E-state index contributed by atoms with van der Waals surface area (Å²) < 4.78 is 22.9. The van der Waals surface area contributed by atoms with Crippen LogP contribution >= 0.6 is 22.9 Å². The summed E-state index contributed by atoms with van der Waals surface area (Å²) in [4.78, 5) is 11.4. The predicted octanol–water partition coefficient (Wildman–Crippen LogP) is -7.46. The van der Waals surface area contributed by atoms with E-state index < -0.39 is 112 Å². The van der Waals surface area contributed by atoms with Gasteiger partial charge in [-0.3, -0.25) is 8.32 Å². The maximum atomic E-state index is 11.4. The summed E-state index contributed by atoms with van der Waals surface area (Å²) in [6.45, 7) is -2.16. The maximum absolute atomic E-state index is 11.4.